The lowest BCUT2D eigenvalue weighted by Crippen LogP contribution is -2.30. The van der Waals surface area contributed by atoms with Gasteiger partial charge in [-0.1, -0.05) is 11.6 Å². The topological polar surface area (TPSA) is 64.1 Å². The molecule has 0 fully saturated rings. The van der Waals surface area contributed by atoms with Crippen LogP contribution < -0.4 is 10.1 Å². The van der Waals surface area contributed by atoms with E-state index in [2.05, 4.69) is 14.1 Å². The Balaban J connectivity index is 1.67. The average molecular weight is 348 g/mol. The van der Waals surface area contributed by atoms with E-state index in [9.17, 15) is 4.79 Å². The van der Waals surface area contributed by atoms with Gasteiger partial charge in [0.05, 0.1) is 11.7 Å². The van der Waals surface area contributed by atoms with Gasteiger partial charge in [0.25, 0.3) is 5.91 Å². The highest BCUT2D eigenvalue weighted by Gasteiger charge is 2.15. The maximum absolute atomic E-state index is 12.2. The first kappa shape index (κ1) is 15.7. The number of halogens is 1. The zero-order chi connectivity index (χ0) is 16.4. The van der Waals surface area contributed by atoms with Gasteiger partial charge >= 0.3 is 0 Å². The molecule has 1 atom stereocenters. The molecule has 0 aliphatic heterocycles. The Hall–Kier alpha value is -2.18. The zero-order valence-electron chi connectivity index (χ0n) is 12.5. The second kappa shape index (κ2) is 6.52. The molecule has 3 rings (SSSR count). The molecule has 1 aromatic heterocycles. The predicted molar refractivity (Wildman–Crippen MR) is 92.3 cm³/mol. The predicted octanol–water partition coefficient (Wildman–Crippen LogP) is 4.06. The quantitative estimate of drug-likeness (QED) is 0.773. The highest BCUT2D eigenvalue weighted by molar-refractivity contribution is 7.00. The Labute approximate surface area is 142 Å². The average Bonchev–Trinajstić information content (AvgIpc) is 2.98. The number of aromatic nitrogens is 2. The molecule has 1 amide bonds. The van der Waals surface area contributed by atoms with Gasteiger partial charge in [-0.3, -0.25) is 4.79 Å². The third-order valence-electron chi connectivity index (χ3n) is 3.33. The van der Waals surface area contributed by atoms with Crippen LogP contribution in [0.3, 0.4) is 0 Å². The number of benzene rings is 2. The third kappa shape index (κ3) is 3.60. The van der Waals surface area contributed by atoms with E-state index in [4.69, 9.17) is 16.3 Å². The van der Waals surface area contributed by atoms with Crippen molar-refractivity contribution in [3.05, 3.63) is 47.0 Å². The van der Waals surface area contributed by atoms with Crippen LogP contribution in [0.2, 0.25) is 5.02 Å². The fourth-order valence-corrected chi connectivity index (χ4v) is 2.69. The number of amides is 1. The summed E-state index contributed by atoms with van der Waals surface area (Å²) in [7, 11) is 0. The Morgan fingerprint density at radius 2 is 2.00 bits per heavy atom. The van der Waals surface area contributed by atoms with Gasteiger partial charge in [0, 0.05) is 10.7 Å². The van der Waals surface area contributed by atoms with Crippen molar-refractivity contribution < 1.29 is 9.53 Å². The molecule has 7 heteroatoms. The van der Waals surface area contributed by atoms with E-state index in [-0.39, 0.29) is 5.91 Å². The van der Waals surface area contributed by atoms with Crippen LogP contribution in [-0.2, 0) is 4.79 Å². The molecular formula is C16H14ClN3O2S. The summed E-state index contributed by atoms with van der Waals surface area (Å²) >= 11 is 7.12. The number of nitrogens with one attached hydrogen (secondary N) is 1. The molecule has 23 heavy (non-hydrogen) atoms. The molecule has 0 aliphatic carbocycles. The van der Waals surface area contributed by atoms with Crippen LogP contribution in [-0.4, -0.2) is 20.8 Å². The molecule has 118 valence electrons. The summed E-state index contributed by atoms with van der Waals surface area (Å²) in [6.45, 7) is 3.58. The van der Waals surface area contributed by atoms with E-state index in [1.807, 2.05) is 13.0 Å². The summed E-state index contributed by atoms with van der Waals surface area (Å²) in [6.07, 6.45) is -0.639. The van der Waals surface area contributed by atoms with Crippen LogP contribution in [0.4, 0.5) is 5.69 Å². The minimum Gasteiger partial charge on any atom is -0.481 e. The maximum atomic E-state index is 12.2. The third-order valence-corrected chi connectivity index (χ3v) is 4.31. The summed E-state index contributed by atoms with van der Waals surface area (Å²) in [5, 5.41) is 3.48. The Bertz CT molecular complexity index is 865. The zero-order valence-corrected chi connectivity index (χ0v) is 14.1. The SMILES string of the molecule is Cc1cc(O[C@H](C)C(=O)Nc2ccc3nsnc3c2)ccc1Cl. The highest BCUT2D eigenvalue weighted by atomic mass is 35.5. The van der Waals surface area contributed by atoms with Gasteiger partial charge < -0.3 is 10.1 Å². The number of carbonyl (C=O) groups excluding carboxylic acids is 1. The standard InChI is InChI=1S/C16H14ClN3O2S/c1-9-7-12(4-5-13(9)17)22-10(2)16(21)18-11-3-6-14-15(8-11)20-23-19-14/h3-8,10H,1-2H3,(H,18,21)/t10-/m1/s1. The first-order valence-corrected chi connectivity index (χ1v) is 8.10. The van der Waals surface area contributed by atoms with Crippen molar-refractivity contribution in [1.29, 1.82) is 0 Å². The number of hydrogen-bond donors (Lipinski definition) is 1. The fourth-order valence-electron chi connectivity index (χ4n) is 2.05. The number of rotatable bonds is 4. The molecular weight excluding hydrogens is 334 g/mol. The summed E-state index contributed by atoms with van der Waals surface area (Å²) in [5.41, 5.74) is 3.14. The molecule has 0 bridgehead atoms. The lowest BCUT2D eigenvalue weighted by molar-refractivity contribution is -0.122. The van der Waals surface area contributed by atoms with E-state index in [1.54, 1.807) is 37.3 Å². The van der Waals surface area contributed by atoms with Crippen LogP contribution in [0.1, 0.15) is 12.5 Å². The molecule has 0 spiro atoms. The molecule has 0 aliphatic rings. The number of aryl methyl sites for hydroxylation is 1. The lowest BCUT2D eigenvalue weighted by atomic mass is 10.2. The van der Waals surface area contributed by atoms with E-state index in [0.29, 0.717) is 16.5 Å². The highest BCUT2D eigenvalue weighted by Crippen LogP contribution is 2.22. The number of anilines is 1. The van der Waals surface area contributed by atoms with E-state index < -0.39 is 6.10 Å². The van der Waals surface area contributed by atoms with E-state index >= 15 is 0 Å². The van der Waals surface area contributed by atoms with Gasteiger partial charge in [0.15, 0.2) is 6.10 Å². The first-order valence-electron chi connectivity index (χ1n) is 6.99. The van der Waals surface area contributed by atoms with Gasteiger partial charge in [0.2, 0.25) is 0 Å². The van der Waals surface area contributed by atoms with Crippen molar-refractivity contribution in [3.8, 4) is 5.75 Å². The van der Waals surface area contributed by atoms with Gasteiger partial charge in [-0.15, -0.1) is 0 Å². The van der Waals surface area contributed by atoms with E-state index in [0.717, 1.165) is 28.3 Å². The second-order valence-electron chi connectivity index (χ2n) is 5.13. The molecule has 2 aromatic carbocycles. The molecule has 1 heterocycles. The van der Waals surface area contributed by atoms with Gasteiger partial charge in [0.1, 0.15) is 16.8 Å². The summed E-state index contributed by atoms with van der Waals surface area (Å²) < 4.78 is 13.9. The van der Waals surface area contributed by atoms with Crippen LogP contribution in [0.15, 0.2) is 36.4 Å². The van der Waals surface area contributed by atoms with Crippen LogP contribution in [0, 0.1) is 6.92 Å². The molecule has 0 unspecified atom stereocenters. The van der Waals surface area contributed by atoms with Crippen molar-refractivity contribution in [2.45, 2.75) is 20.0 Å². The minimum atomic E-state index is -0.639. The number of fused-ring (bicyclic) bond motifs is 1. The number of carbonyl (C=O) groups is 1. The molecule has 0 saturated carbocycles. The molecule has 3 aromatic rings. The summed E-state index contributed by atoms with van der Waals surface area (Å²) in [4.78, 5) is 12.2. The van der Waals surface area contributed by atoms with Gasteiger partial charge in [-0.05, 0) is 55.8 Å². The van der Waals surface area contributed by atoms with Crippen molar-refractivity contribution in [1.82, 2.24) is 8.75 Å². The van der Waals surface area contributed by atoms with E-state index in [1.165, 1.54) is 0 Å². The van der Waals surface area contributed by atoms with Gasteiger partial charge in [-0.2, -0.15) is 8.75 Å². The van der Waals surface area contributed by atoms with Crippen LogP contribution in [0.5, 0.6) is 5.75 Å². The van der Waals surface area contributed by atoms with Crippen LogP contribution >= 0.6 is 23.3 Å². The molecule has 0 saturated heterocycles. The molecule has 5 nitrogen and oxygen atoms in total. The Morgan fingerprint density at radius 1 is 1.22 bits per heavy atom. The summed E-state index contributed by atoms with van der Waals surface area (Å²) in [5.74, 6) is 0.369. The summed E-state index contributed by atoms with van der Waals surface area (Å²) in [6, 6.07) is 10.7. The van der Waals surface area contributed by atoms with Crippen LogP contribution in [0.25, 0.3) is 11.0 Å². The number of ether oxygens (including phenoxy) is 1. The first-order chi connectivity index (χ1) is 11.0. The Kier molecular flexibility index (Phi) is 4.45. The van der Waals surface area contributed by atoms with Crippen molar-refractivity contribution in [2.75, 3.05) is 5.32 Å². The smallest absolute Gasteiger partial charge is 0.265 e. The van der Waals surface area contributed by atoms with Crippen molar-refractivity contribution in [3.63, 3.8) is 0 Å². The molecule has 0 radical (unpaired) electrons. The minimum absolute atomic E-state index is 0.236. The number of nitrogens with zero attached hydrogens (tertiary/aromatic N) is 2. The van der Waals surface area contributed by atoms with Gasteiger partial charge in [-0.25, -0.2) is 0 Å². The second-order valence-corrected chi connectivity index (χ2v) is 6.06. The Morgan fingerprint density at radius 3 is 2.78 bits per heavy atom. The monoisotopic (exact) mass is 347 g/mol. The fraction of sp³-hybridized carbons (Fsp3) is 0.188. The maximum Gasteiger partial charge on any atom is 0.265 e. The normalized spacial score (nSPS) is 12.1. The largest absolute Gasteiger partial charge is 0.481 e. The van der Waals surface area contributed by atoms with Crippen molar-refractivity contribution >= 4 is 46.0 Å². The van der Waals surface area contributed by atoms with Crippen molar-refractivity contribution in [2.24, 2.45) is 0 Å². The molecule has 1 N–H and O–H groups in total. The lowest BCUT2D eigenvalue weighted by Gasteiger charge is -2.15. The number of hydrogen-bond acceptors (Lipinski definition) is 5.